The van der Waals surface area contributed by atoms with E-state index in [1.165, 1.54) is 0 Å². The first-order valence-corrected chi connectivity index (χ1v) is 4.17. The molecular weight excluding hydrogens is 180 g/mol. The number of benzene rings is 1. The van der Waals surface area contributed by atoms with Crippen LogP contribution in [0.2, 0.25) is 0 Å². The summed E-state index contributed by atoms with van der Waals surface area (Å²) in [5.41, 5.74) is 0.851. The van der Waals surface area contributed by atoms with E-state index in [0.29, 0.717) is 5.76 Å². The number of hydrogen-bond donors (Lipinski definition) is 0. The van der Waals surface area contributed by atoms with Crippen molar-refractivity contribution in [2.24, 2.45) is 0 Å². The van der Waals surface area contributed by atoms with Crippen molar-refractivity contribution in [3.05, 3.63) is 30.3 Å². The molecule has 1 aromatic rings. The lowest BCUT2D eigenvalue weighted by Gasteiger charge is -2.09. The van der Waals surface area contributed by atoms with Crippen LogP contribution in [-0.4, -0.2) is 21.3 Å². The van der Waals surface area contributed by atoms with Gasteiger partial charge in [-0.2, -0.15) is 0 Å². The van der Waals surface area contributed by atoms with Crippen molar-refractivity contribution in [2.75, 3.05) is 21.3 Å². The molecule has 0 radical (unpaired) electrons. The van der Waals surface area contributed by atoms with Crippen LogP contribution in [-0.2, 0) is 4.74 Å². The summed E-state index contributed by atoms with van der Waals surface area (Å²) in [5, 5.41) is 0. The number of ether oxygens (including phenoxy) is 3. The molecule has 0 heterocycles. The summed E-state index contributed by atoms with van der Waals surface area (Å²) >= 11 is 0. The third-order valence-electron chi connectivity index (χ3n) is 1.92. The highest BCUT2D eigenvalue weighted by Gasteiger charge is 2.04. The Morgan fingerprint density at radius 1 is 1.00 bits per heavy atom. The van der Waals surface area contributed by atoms with E-state index >= 15 is 0 Å². The molecule has 0 atom stereocenters. The highest BCUT2D eigenvalue weighted by Crippen LogP contribution is 2.26. The lowest BCUT2D eigenvalue weighted by atomic mass is 10.2. The van der Waals surface area contributed by atoms with Crippen LogP contribution in [0.15, 0.2) is 24.8 Å². The molecule has 0 aliphatic heterocycles. The third-order valence-corrected chi connectivity index (χ3v) is 1.92. The predicted molar refractivity (Wildman–Crippen MR) is 55.6 cm³/mol. The fraction of sp³-hybridized carbons (Fsp3) is 0.273. The van der Waals surface area contributed by atoms with E-state index in [-0.39, 0.29) is 0 Å². The number of hydrogen-bond acceptors (Lipinski definition) is 3. The standard InChI is InChI=1S/C11H14O3/c1-8(12-2)9-5-10(13-3)7-11(6-9)14-4/h5-7H,1H2,2-4H3. The second kappa shape index (κ2) is 4.56. The molecule has 1 rings (SSSR count). The van der Waals surface area contributed by atoms with Crippen LogP contribution in [0, 0.1) is 0 Å². The molecule has 1 aromatic carbocycles. The molecule has 0 saturated carbocycles. The molecule has 0 unspecified atom stereocenters. The van der Waals surface area contributed by atoms with Gasteiger partial charge in [-0.3, -0.25) is 0 Å². The van der Waals surface area contributed by atoms with Crippen LogP contribution >= 0.6 is 0 Å². The Morgan fingerprint density at radius 2 is 1.50 bits per heavy atom. The lowest BCUT2D eigenvalue weighted by molar-refractivity contribution is 0.368. The fourth-order valence-corrected chi connectivity index (χ4v) is 1.09. The minimum Gasteiger partial charge on any atom is -0.497 e. The van der Waals surface area contributed by atoms with Crippen LogP contribution in [0.4, 0.5) is 0 Å². The monoisotopic (exact) mass is 194 g/mol. The van der Waals surface area contributed by atoms with Gasteiger partial charge >= 0.3 is 0 Å². The zero-order chi connectivity index (χ0) is 10.6. The zero-order valence-electron chi connectivity index (χ0n) is 8.66. The van der Waals surface area contributed by atoms with Crippen molar-refractivity contribution < 1.29 is 14.2 Å². The van der Waals surface area contributed by atoms with Crippen molar-refractivity contribution in [1.82, 2.24) is 0 Å². The Hall–Kier alpha value is -1.64. The first kappa shape index (κ1) is 10.4. The first-order valence-electron chi connectivity index (χ1n) is 4.17. The molecule has 0 N–H and O–H groups in total. The van der Waals surface area contributed by atoms with Crippen LogP contribution < -0.4 is 9.47 Å². The van der Waals surface area contributed by atoms with Gasteiger partial charge in [-0.25, -0.2) is 0 Å². The third kappa shape index (κ3) is 2.19. The van der Waals surface area contributed by atoms with E-state index in [9.17, 15) is 0 Å². The molecule has 0 saturated heterocycles. The molecule has 76 valence electrons. The SMILES string of the molecule is C=C(OC)c1cc(OC)cc(OC)c1. The second-order valence-electron chi connectivity index (χ2n) is 2.73. The predicted octanol–water partition coefficient (Wildman–Crippen LogP) is 2.32. The zero-order valence-corrected chi connectivity index (χ0v) is 8.66. The Bertz CT molecular complexity index is 309. The Morgan fingerprint density at radius 3 is 1.86 bits per heavy atom. The van der Waals surface area contributed by atoms with Crippen molar-refractivity contribution in [3.8, 4) is 11.5 Å². The summed E-state index contributed by atoms with van der Waals surface area (Å²) in [4.78, 5) is 0. The van der Waals surface area contributed by atoms with Crippen molar-refractivity contribution in [3.63, 3.8) is 0 Å². The average molecular weight is 194 g/mol. The van der Waals surface area contributed by atoms with Gasteiger partial charge in [-0.05, 0) is 12.1 Å². The van der Waals surface area contributed by atoms with Gasteiger partial charge in [0.15, 0.2) is 0 Å². The Balaban J connectivity index is 3.10. The summed E-state index contributed by atoms with van der Waals surface area (Å²) in [5.74, 6) is 2.03. The average Bonchev–Trinajstić information content (AvgIpc) is 2.27. The number of methoxy groups -OCH3 is 3. The summed E-state index contributed by atoms with van der Waals surface area (Å²) in [6.07, 6.45) is 0. The van der Waals surface area contributed by atoms with Gasteiger partial charge in [0.2, 0.25) is 0 Å². The quantitative estimate of drug-likeness (QED) is 0.688. The van der Waals surface area contributed by atoms with Gasteiger partial charge in [0.1, 0.15) is 17.3 Å². The maximum absolute atomic E-state index is 5.12. The molecular formula is C11H14O3. The van der Waals surface area contributed by atoms with E-state index in [0.717, 1.165) is 17.1 Å². The minimum absolute atomic E-state index is 0.585. The van der Waals surface area contributed by atoms with E-state index < -0.39 is 0 Å². The molecule has 0 fully saturated rings. The summed E-state index contributed by atoms with van der Waals surface area (Å²) in [6, 6.07) is 5.48. The Labute approximate surface area is 83.9 Å². The van der Waals surface area contributed by atoms with Gasteiger partial charge in [-0.1, -0.05) is 6.58 Å². The van der Waals surface area contributed by atoms with Crippen LogP contribution in [0.1, 0.15) is 5.56 Å². The normalized spacial score (nSPS) is 9.36. The lowest BCUT2D eigenvalue weighted by Crippen LogP contribution is -1.91. The summed E-state index contributed by atoms with van der Waals surface area (Å²) < 4.78 is 15.3. The van der Waals surface area contributed by atoms with Crippen LogP contribution in [0.25, 0.3) is 5.76 Å². The highest BCUT2D eigenvalue weighted by atomic mass is 16.5. The van der Waals surface area contributed by atoms with Crippen molar-refractivity contribution >= 4 is 5.76 Å². The molecule has 0 spiro atoms. The topological polar surface area (TPSA) is 27.7 Å². The molecule has 3 nitrogen and oxygen atoms in total. The van der Waals surface area contributed by atoms with E-state index in [1.54, 1.807) is 27.4 Å². The van der Waals surface area contributed by atoms with Crippen LogP contribution in [0.3, 0.4) is 0 Å². The summed E-state index contributed by atoms with van der Waals surface area (Å²) in [7, 11) is 4.79. The molecule has 0 bridgehead atoms. The molecule has 3 heteroatoms. The van der Waals surface area contributed by atoms with E-state index in [1.807, 2.05) is 12.1 Å². The smallest absolute Gasteiger partial charge is 0.123 e. The molecule has 0 aromatic heterocycles. The summed E-state index contributed by atoms with van der Waals surface area (Å²) in [6.45, 7) is 3.76. The maximum atomic E-state index is 5.12. The number of rotatable bonds is 4. The molecule has 0 amide bonds. The maximum Gasteiger partial charge on any atom is 0.123 e. The molecule has 0 aliphatic rings. The van der Waals surface area contributed by atoms with E-state index in [2.05, 4.69) is 6.58 Å². The van der Waals surface area contributed by atoms with Gasteiger partial charge in [0, 0.05) is 11.6 Å². The molecule has 14 heavy (non-hydrogen) atoms. The Kier molecular flexibility index (Phi) is 3.40. The highest BCUT2D eigenvalue weighted by molar-refractivity contribution is 5.61. The van der Waals surface area contributed by atoms with Crippen LogP contribution in [0.5, 0.6) is 11.5 Å². The van der Waals surface area contributed by atoms with Gasteiger partial charge in [0.05, 0.1) is 21.3 Å². The second-order valence-corrected chi connectivity index (χ2v) is 2.73. The fourth-order valence-electron chi connectivity index (χ4n) is 1.09. The van der Waals surface area contributed by atoms with Crippen molar-refractivity contribution in [2.45, 2.75) is 0 Å². The van der Waals surface area contributed by atoms with Gasteiger partial charge in [-0.15, -0.1) is 0 Å². The van der Waals surface area contributed by atoms with Gasteiger partial charge < -0.3 is 14.2 Å². The minimum atomic E-state index is 0.585. The largest absolute Gasteiger partial charge is 0.497 e. The van der Waals surface area contributed by atoms with Gasteiger partial charge in [0.25, 0.3) is 0 Å². The van der Waals surface area contributed by atoms with E-state index in [4.69, 9.17) is 14.2 Å². The first-order chi connectivity index (χ1) is 6.71. The molecule has 0 aliphatic carbocycles. The van der Waals surface area contributed by atoms with Crippen molar-refractivity contribution in [1.29, 1.82) is 0 Å².